The summed E-state index contributed by atoms with van der Waals surface area (Å²) >= 11 is 1.73. The highest BCUT2D eigenvalue weighted by atomic mass is 32.2. The zero-order valence-corrected chi connectivity index (χ0v) is 7.65. The van der Waals surface area contributed by atoms with Crippen molar-refractivity contribution in [3.8, 4) is 0 Å². The van der Waals surface area contributed by atoms with Crippen LogP contribution >= 0.6 is 11.8 Å². The van der Waals surface area contributed by atoms with Gasteiger partial charge in [-0.05, 0) is 30.3 Å². The van der Waals surface area contributed by atoms with Crippen LogP contribution in [0.3, 0.4) is 0 Å². The lowest BCUT2D eigenvalue weighted by Gasteiger charge is -2.24. The molecule has 1 rings (SSSR count). The van der Waals surface area contributed by atoms with Gasteiger partial charge in [-0.15, -0.1) is 0 Å². The van der Waals surface area contributed by atoms with Gasteiger partial charge in [0.05, 0.1) is 0 Å². The Kier molecular flexibility index (Phi) is 3.85. The number of rotatable bonds is 3. The molecule has 2 nitrogen and oxygen atoms in total. The number of halogens is 1. The Morgan fingerprint density at radius 2 is 2.42 bits per heavy atom. The molecule has 1 fully saturated rings. The van der Waals surface area contributed by atoms with Gasteiger partial charge in [0.1, 0.15) is 6.17 Å². The molecule has 0 radical (unpaired) electrons. The van der Waals surface area contributed by atoms with Gasteiger partial charge in [0.15, 0.2) is 0 Å². The number of hydrogen-bond donors (Lipinski definition) is 1. The summed E-state index contributed by atoms with van der Waals surface area (Å²) in [6.45, 7) is 0. The van der Waals surface area contributed by atoms with Gasteiger partial charge < -0.3 is 5.11 Å². The summed E-state index contributed by atoms with van der Waals surface area (Å²) in [4.78, 5) is 10.2. The van der Waals surface area contributed by atoms with Crippen LogP contribution in [0.25, 0.3) is 0 Å². The smallest absolute Gasteiger partial charge is 0.303 e. The van der Waals surface area contributed by atoms with Crippen molar-refractivity contribution >= 4 is 17.7 Å². The SMILES string of the molecule is O=C(O)CC[C@H]1CSCC[C@H]1F. The van der Waals surface area contributed by atoms with E-state index in [1.54, 1.807) is 11.8 Å². The minimum Gasteiger partial charge on any atom is -0.481 e. The number of alkyl halides is 1. The maximum Gasteiger partial charge on any atom is 0.303 e. The van der Waals surface area contributed by atoms with Crippen molar-refractivity contribution in [2.24, 2.45) is 5.92 Å². The van der Waals surface area contributed by atoms with E-state index in [0.29, 0.717) is 12.8 Å². The normalized spacial score (nSPS) is 30.1. The number of carbonyl (C=O) groups is 1. The van der Waals surface area contributed by atoms with Crippen molar-refractivity contribution in [3.63, 3.8) is 0 Å². The Bertz CT molecular complexity index is 163. The Balaban J connectivity index is 2.24. The topological polar surface area (TPSA) is 37.3 Å². The fourth-order valence-electron chi connectivity index (χ4n) is 1.34. The van der Waals surface area contributed by atoms with Crippen LogP contribution in [0.1, 0.15) is 19.3 Å². The van der Waals surface area contributed by atoms with E-state index in [1.807, 2.05) is 0 Å². The van der Waals surface area contributed by atoms with Crippen LogP contribution in [-0.4, -0.2) is 28.8 Å². The monoisotopic (exact) mass is 192 g/mol. The fourth-order valence-corrected chi connectivity index (χ4v) is 2.58. The molecule has 0 saturated carbocycles. The number of aliphatic carboxylic acids is 1. The van der Waals surface area contributed by atoms with Crippen molar-refractivity contribution in [1.29, 1.82) is 0 Å². The molecular weight excluding hydrogens is 179 g/mol. The fraction of sp³-hybridized carbons (Fsp3) is 0.875. The second-order valence-electron chi connectivity index (χ2n) is 3.07. The average molecular weight is 192 g/mol. The molecule has 1 N–H and O–H groups in total. The maximum absolute atomic E-state index is 13.1. The van der Waals surface area contributed by atoms with Gasteiger partial charge in [-0.25, -0.2) is 4.39 Å². The Morgan fingerprint density at radius 3 is 3.00 bits per heavy atom. The molecule has 0 spiro atoms. The van der Waals surface area contributed by atoms with E-state index in [4.69, 9.17) is 5.11 Å². The number of thioether (sulfide) groups is 1. The highest BCUT2D eigenvalue weighted by Crippen LogP contribution is 2.28. The predicted octanol–water partition coefficient (Wildman–Crippen LogP) is 1.94. The summed E-state index contributed by atoms with van der Waals surface area (Å²) in [6.07, 6.45) is 0.412. The van der Waals surface area contributed by atoms with Crippen molar-refractivity contribution in [2.75, 3.05) is 11.5 Å². The van der Waals surface area contributed by atoms with Gasteiger partial charge in [-0.2, -0.15) is 11.8 Å². The summed E-state index contributed by atoms with van der Waals surface area (Å²) in [5, 5.41) is 8.40. The highest BCUT2D eigenvalue weighted by Gasteiger charge is 2.25. The minimum atomic E-state index is -0.822. The molecule has 0 amide bonds. The lowest BCUT2D eigenvalue weighted by atomic mass is 9.98. The summed E-state index contributed by atoms with van der Waals surface area (Å²) in [5.41, 5.74) is 0. The van der Waals surface area contributed by atoms with E-state index in [1.165, 1.54) is 0 Å². The quantitative estimate of drug-likeness (QED) is 0.742. The molecule has 4 heteroatoms. The molecule has 0 aromatic carbocycles. The molecule has 0 aromatic rings. The largest absolute Gasteiger partial charge is 0.481 e. The molecule has 1 aliphatic rings. The van der Waals surface area contributed by atoms with Gasteiger partial charge in [0, 0.05) is 6.42 Å². The van der Waals surface area contributed by atoms with Gasteiger partial charge in [0.25, 0.3) is 0 Å². The van der Waals surface area contributed by atoms with E-state index in [0.717, 1.165) is 11.5 Å². The van der Waals surface area contributed by atoms with Crippen LogP contribution in [0.4, 0.5) is 4.39 Å². The van der Waals surface area contributed by atoms with Gasteiger partial charge >= 0.3 is 5.97 Å². The van der Waals surface area contributed by atoms with Crippen LogP contribution in [0.5, 0.6) is 0 Å². The van der Waals surface area contributed by atoms with E-state index in [-0.39, 0.29) is 12.3 Å². The zero-order chi connectivity index (χ0) is 8.97. The minimum absolute atomic E-state index is 0.0279. The molecule has 70 valence electrons. The van der Waals surface area contributed by atoms with Crippen LogP contribution < -0.4 is 0 Å². The second kappa shape index (κ2) is 4.70. The maximum atomic E-state index is 13.1. The molecule has 0 aromatic heterocycles. The Hall–Kier alpha value is -0.250. The summed E-state index contributed by atoms with van der Waals surface area (Å²) < 4.78 is 13.1. The van der Waals surface area contributed by atoms with Gasteiger partial charge in [0.2, 0.25) is 0 Å². The number of hydrogen-bond acceptors (Lipinski definition) is 2. The molecule has 0 bridgehead atoms. The zero-order valence-electron chi connectivity index (χ0n) is 6.83. The molecular formula is C8H13FO2S. The first-order chi connectivity index (χ1) is 5.70. The van der Waals surface area contributed by atoms with E-state index >= 15 is 0 Å². The summed E-state index contributed by atoms with van der Waals surface area (Å²) in [5.74, 6) is 0.816. The third-order valence-corrected chi connectivity index (χ3v) is 3.30. The summed E-state index contributed by atoms with van der Waals surface area (Å²) in [7, 11) is 0. The molecule has 0 unspecified atom stereocenters. The third-order valence-electron chi connectivity index (χ3n) is 2.11. The van der Waals surface area contributed by atoms with Crippen molar-refractivity contribution < 1.29 is 14.3 Å². The van der Waals surface area contributed by atoms with Crippen molar-refractivity contribution in [2.45, 2.75) is 25.4 Å². The first kappa shape index (κ1) is 9.84. The third kappa shape index (κ3) is 3.01. The van der Waals surface area contributed by atoms with Crippen LogP contribution in [0.2, 0.25) is 0 Å². The average Bonchev–Trinajstić information content (AvgIpc) is 2.03. The van der Waals surface area contributed by atoms with E-state index in [9.17, 15) is 9.18 Å². The first-order valence-electron chi connectivity index (χ1n) is 4.13. The number of carboxylic acids is 1. The van der Waals surface area contributed by atoms with E-state index in [2.05, 4.69) is 0 Å². The van der Waals surface area contributed by atoms with E-state index < -0.39 is 12.1 Å². The molecule has 1 aliphatic heterocycles. The lowest BCUT2D eigenvalue weighted by molar-refractivity contribution is -0.137. The summed E-state index contributed by atoms with van der Waals surface area (Å²) in [6, 6.07) is 0. The molecule has 1 heterocycles. The lowest BCUT2D eigenvalue weighted by Crippen LogP contribution is -2.24. The Labute approximate surface area is 75.5 Å². The standard InChI is InChI=1S/C8H13FO2S/c9-7-3-4-12-5-6(7)1-2-8(10)11/h6-7H,1-5H2,(H,10,11)/t6-,7+/m0/s1. The van der Waals surface area contributed by atoms with Crippen LogP contribution in [-0.2, 0) is 4.79 Å². The van der Waals surface area contributed by atoms with Gasteiger partial charge in [-0.1, -0.05) is 0 Å². The number of carboxylic acid groups (broad SMARTS) is 1. The van der Waals surface area contributed by atoms with Gasteiger partial charge in [-0.3, -0.25) is 4.79 Å². The first-order valence-corrected chi connectivity index (χ1v) is 5.29. The van der Waals surface area contributed by atoms with Crippen LogP contribution in [0, 0.1) is 5.92 Å². The second-order valence-corrected chi connectivity index (χ2v) is 4.22. The molecule has 1 saturated heterocycles. The van der Waals surface area contributed by atoms with Crippen LogP contribution in [0.15, 0.2) is 0 Å². The molecule has 0 aliphatic carbocycles. The predicted molar refractivity (Wildman–Crippen MR) is 47.2 cm³/mol. The Morgan fingerprint density at radius 1 is 1.67 bits per heavy atom. The van der Waals surface area contributed by atoms with Crippen molar-refractivity contribution in [3.05, 3.63) is 0 Å². The molecule has 12 heavy (non-hydrogen) atoms. The highest BCUT2D eigenvalue weighted by molar-refractivity contribution is 7.99. The molecule has 2 atom stereocenters. The van der Waals surface area contributed by atoms with Crippen molar-refractivity contribution in [1.82, 2.24) is 0 Å².